The average Bonchev–Trinajstić information content (AvgIpc) is 2.36. The van der Waals surface area contributed by atoms with Gasteiger partial charge in [-0.05, 0) is 57.7 Å². The fourth-order valence-electron chi connectivity index (χ4n) is 1.92. The molecule has 1 unspecified atom stereocenters. The Bertz CT molecular complexity index is 556. The summed E-state index contributed by atoms with van der Waals surface area (Å²) in [6, 6.07) is 8.21. The van der Waals surface area contributed by atoms with Gasteiger partial charge in [0, 0.05) is 11.4 Å². The van der Waals surface area contributed by atoms with E-state index in [2.05, 4.69) is 41.2 Å². The Morgan fingerprint density at radius 2 is 2.00 bits per heavy atom. The van der Waals surface area contributed by atoms with Crippen molar-refractivity contribution in [1.29, 1.82) is 0 Å². The van der Waals surface area contributed by atoms with Crippen LogP contribution in [-0.4, -0.2) is 41.5 Å². The minimum atomic E-state index is 0.279. The molecule has 102 valence electrons. The first-order valence-electron chi connectivity index (χ1n) is 6.40. The van der Waals surface area contributed by atoms with Crippen molar-refractivity contribution in [3.8, 4) is 0 Å². The Morgan fingerprint density at radius 1 is 1.26 bits per heavy atom. The van der Waals surface area contributed by atoms with Crippen molar-refractivity contribution in [2.45, 2.75) is 19.4 Å². The molecule has 0 saturated carbocycles. The zero-order valence-corrected chi connectivity index (χ0v) is 12.3. The normalized spacial score (nSPS) is 12.9. The van der Waals surface area contributed by atoms with Crippen molar-refractivity contribution < 1.29 is 0 Å². The van der Waals surface area contributed by atoms with Crippen molar-refractivity contribution in [1.82, 2.24) is 14.9 Å². The van der Waals surface area contributed by atoms with E-state index in [-0.39, 0.29) is 5.28 Å². The molecule has 1 heterocycles. The van der Waals surface area contributed by atoms with E-state index in [1.54, 1.807) is 0 Å². The number of hydrogen-bond acceptors (Lipinski definition) is 4. The van der Waals surface area contributed by atoms with Gasteiger partial charge in [0.05, 0.1) is 5.52 Å². The lowest BCUT2D eigenvalue weighted by molar-refractivity contribution is 0.390. The second kappa shape index (κ2) is 6.17. The molecular formula is C14H19ClN4. The summed E-state index contributed by atoms with van der Waals surface area (Å²) in [6.07, 6.45) is 1.04. The molecule has 0 saturated heterocycles. The van der Waals surface area contributed by atoms with Gasteiger partial charge >= 0.3 is 0 Å². The zero-order chi connectivity index (χ0) is 13.8. The van der Waals surface area contributed by atoms with Gasteiger partial charge < -0.3 is 10.2 Å². The second-order valence-corrected chi connectivity index (χ2v) is 5.33. The number of nitrogens with one attached hydrogen (secondary N) is 1. The summed E-state index contributed by atoms with van der Waals surface area (Å²) in [7, 11) is 4.15. The van der Waals surface area contributed by atoms with Gasteiger partial charge in [-0.15, -0.1) is 0 Å². The molecule has 0 aliphatic carbocycles. The number of para-hydroxylation sites is 1. The van der Waals surface area contributed by atoms with Gasteiger partial charge in [0.25, 0.3) is 0 Å². The number of anilines is 1. The maximum absolute atomic E-state index is 5.96. The van der Waals surface area contributed by atoms with Crippen LogP contribution in [0.25, 0.3) is 10.9 Å². The molecule has 0 amide bonds. The van der Waals surface area contributed by atoms with Crippen molar-refractivity contribution >= 4 is 28.3 Å². The molecule has 19 heavy (non-hydrogen) atoms. The largest absolute Gasteiger partial charge is 0.367 e. The van der Waals surface area contributed by atoms with Gasteiger partial charge in [-0.25, -0.2) is 9.97 Å². The SMILES string of the molecule is CC(CCN(C)C)Nc1nc(Cl)nc2ccccc12. The molecule has 0 bridgehead atoms. The summed E-state index contributed by atoms with van der Waals surface area (Å²) in [5.41, 5.74) is 0.866. The molecule has 0 aliphatic rings. The third-order valence-electron chi connectivity index (χ3n) is 2.97. The van der Waals surface area contributed by atoms with Crippen molar-refractivity contribution in [2.75, 3.05) is 26.0 Å². The Balaban J connectivity index is 2.20. The molecular weight excluding hydrogens is 260 g/mol. The molecule has 1 aromatic carbocycles. The molecule has 1 atom stereocenters. The van der Waals surface area contributed by atoms with Crippen molar-refractivity contribution in [3.05, 3.63) is 29.5 Å². The first-order chi connectivity index (χ1) is 9.06. The van der Waals surface area contributed by atoms with Crippen LogP contribution in [0.1, 0.15) is 13.3 Å². The minimum Gasteiger partial charge on any atom is -0.367 e. The van der Waals surface area contributed by atoms with Gasteiger partial charge in [-0.2, -0.15) is 0 Å². The van der Waals surface area contributed by atoms with E-state index < -0.39 is 0 Å². The molecule has 5 heteroatoms. The Morgan fingerprint density at radius 3 is 2.74 bits per heavy atom. The summed E-state index contributed by atoms with van der Waals surface area (Å²) in [4.78, 5) is 10.7. The van der Waals surface area contributed by atoms with Gasteiger partial charge in [0.2, 0.25) is 5.28 Å². The van der Waals surface area contributed by atoms with Gasteiger partial charge in [-0.1, -0.05) is 12.1 Å². The molecule has 2 aromatic rings. The van der Waals surface area contributed by atoms with E-state index in [0.717, 1.165) is 29.7 Å². The number of aromatic nitrogens is 2. The van der Waals surface area contributed by atoms with Crippen LogP contribution in [-0.2, 0) is 0 Å². The second-order valence-electron chi connectivity index (χ2n) is 5.00. The van der Waals surface area contributed by atoms with Gasteiger partial charge in [0.15, 0.2) is 0 Å². The molecule has 1 N–H and O–H groups in total. The number of rotatable bonds is 5. The van der Waals surface area contributed by atoms with Crippen LogP contribution >= 0.6 is 11.6 Å². The average molecular weight is 279 g/mol. The fourth-order valence-corrected chi connectivity index (χ4v) is 2.09. The summed E-state index contributed by atoms with van der Waals surface area (Å²) < 4.78 is 0. The van der Waals surface area contributed by atoms with E-state index in [1.807, 2.05) is 24.3 Å². The highest BCUT2D eigenvalue weighted by Gasteiger charge is 2.09. The number of halogens is 1. The Hall–Kier alpha value is -1.39. The third kappa shape index (κ3) is 3.78. The lowest BCUT2D eigenvalue weighted by Gasteiger charge is -2.18. The van der Waals surface area contributed by atoms with Crippen LogP contribution in [0, 0.1) is 0 Å². The number of benzene rings is 1. The van der Waals surface area contributed by atoms with E-state index in [0.29, 0.717) is 6.04 Å². The quantitative estimate of drug-likeness (QED) is 0.854. The molecule has 0 aliphatic heterocycles. The lowest BCUT2D eigenvalue weighted by atomic mass is 10.2. The standard InChI is InChI=1S/C14H19ClN4/c1-10(8-9-19(2)3)16-13-11-6-4-5-7-12(11)17-14(15)18-13/h4-7,10H,8-9H2,1-3H3,(H,16,17,18). The number of hydrogen-bond donors (Lipinski definition) is 1. The first kappa shape index (κ1) is 14.0. The van der Waals surface area contributed by atoms with Crippen LogP contribution in [0.4, 0.5) is 5.82 Å². The maximum Gasteiger partial charge on any atom is 0.224 e. The summed E-state index contributed by atoms with van der Waals surface area (Å²) in [5.74, 6) is 0.807. The summed E-state index contributed by atoms with van der Waals surface area (Å²) in [6.45, 7) is 3.18. The lowest BCUT2D eigenvalue weighted by Crippen LogP contribution is -2.23. The topological polar surface area (TPSA) is 41.0 Å². The highest BCUT2D eigenvalue weighted by molar-refractivity contribution is 6.28. The van der Waals surface area contributed by atoms with Crippen LogP contribution in [0.15, 0.2) is 24.3 Å². The zero-order valence-electron chi connectivity index (χ0n) is 11.5. The van der Waals surface area contributed by atoms with Crippen LogP contribution in [0.5, 0.6) is 0 Å². The summed E-state index contributed by atoms with van der Waals surface area (Å²) >= 11 is 5.96. The molecule has 0 radical (unpaired) electrons. The number of nitrogens with zero attached hydrogens (tertiary/aromatic N) is 3. The summed E-state index contributed by atoms with van der Waals surface area (Å²) in [5, 5.41) is 4.70. The maximum atomic E-state index is 5.96. The van der Waals surface area contributed by atoms with Gasteiger partial charge in [0.1, 0.15) is 5.82 Å². The van der Waals surface area contributed by atoms with Crippen molar-refractivity contribution in [2.24, 2.45) is 0 Å². The molecule has 0 fully saturated rings. The van der Waals surface area contributed by atoms with Crippen molar-refractivity contribution in [3.63, 3.8) is 0 Å². The molecule has 0 spiro atoms. The van der Waals surface area contributed by atoms with Gasteiger partial charge in [-0.3, -0.25) is 0 Å². The molecule has 1 aromatic heterocycles. The van der Waals surface area contributed by atoms with Crippen LogP contribution < -0.4 is 5.32 Å². The fraction of sp³-hybridized carbons (Fsp3) is 0.429. The predicted octanol–water partition coefficient (Wildman–Crippen LogP) is 3.04. The third-order valence-corrected chi connectivity index (χ3v) is 3.14. The Labute approximate surface area is 118 Å². The van der Waals surface area contributed by atoms with E-state index in [9.17, 15) is 0 Å². The van der Waals surface area contributed by atoms with Crippen LogP contribution in [0.2, 0.25) is 5.28 Å². The monoisotopic (exact) mass is 278 g/mol. The minimum absolute atomic E-state index is 0.279. The predicted molar refractivity (Wildman–Crippen MR) is 80.8 cm³/mol. The van der Waals surface area contributed by atoms with E-state index in [4.69, 9.17) is 11.6 Å². The highest BCUT2D eigenvalue weighted by Crippen LogP contribution is 2.22. The highest BCUT2D eigenvalue weighted by atomic mass is 35.5. The molecule has 4 nitrogen and oxygen atoms in total. The van der Waals surface area contributed by atoms with Crippen LogP contribution in [0.3, 0.4) is 0 Å². The Kier molecular flexibility index (Phi) is 4.56. The molecule has 2 rings (SSSR count). The van der Waals surface area contributed by atoms with E-state index in [1.165, 1.54) is 0 Å². The smallest absolute Gasteiger partial charge is 0.224 e. The number of fused-ring (bicyclic) bond motifs is 1. The first-order valence-corrected chi connectivity index (χ1v) is 6.77. The van der Waals surface area contributed by atoms with E-state index >= 15 is 0 Å².